The van der Waals surface area contributed by atoms with E-state index in [1.807, 2.05) is 59.9 Å². The third kappa shape index (κ3) is 7.44. The Morgan fingerprint density at radius 2 is 1.26 bits per heavy atom. The van der Waals surface area contributed by atoms with Gasteiger partial charge in [0.05, 0.1) is 8.07 Å². The number of hydrogen-bond acceptors (Lipinski definition) is 4. The Morgan fingerprint density at radius 1 is 0.604 bits per heavy atom. The Morgan fingerprint density at radius 3 is 1.94 bits per heavy atom. The molecule has 0 aliphatic carbocycles. The first kappa shape index (κ1) is 27.3. The van der Waals surface area contributed by atoms with E-state index in [4.69, 9.17) is 17.3 Å². The average molecular weight is 926 g/mol. The Balaban J connectivity index is 0.000000205. The maximum atomic E-state index is 8.04. The SMILES string of the molecule is C[Si](C)(C)c1ccc(-c2[c-]ccc3c2sc2ccccc23)nc1.[2H]C([2H])([2H])C(c1ccnc(-c2[c-]ccc3c2sc2cc(-c4ccccc4)ccc23)c1)(C([2H])([2H])[2H])C([2H])([2H])[2H].[Ir]. The molecular weight excluding hydrogens is 877 g/mol. The molecule has 0 unspecified atom stereocenters. The van der Waals surface area contributed by atoms with E-state index < -0.39 is 34.0 Å². The van der Waals surface area contributed by atoms with Crippen molar-refractivity contribution in [2.75, 3.05) is 0 Å². The van der Waals surface area contributed by atoms with Gasteiger partial charge in [-0.05, 0) is 77.1 Å². The van der Waals surface area contributed by atoms with Crippen molar-refractivity contribution in [3.8, 4) is 33.6 Å². The van der Waals surface area contributed by atoms with E-state index in [-0.39, 0.29) is 31.4 Å². The molecule has 9 rings (SSSR count). The van der Waals surface area contributed by atoms with Gasteiger partial charge in [0.25, 0.3) is 0 Å². The largest absolute Gasteiger partial charge is 0.305 e. The topological polar surface area (TPSA) is 25.8 Å². The van der Waals surface area contributed by atoms with Gasteiger partial charge in [0.15, 0.2) is 0 Å². The fourth-order valence-corrected chi connectivity index (χ4v) is 9.90. The van der Waals surface area contributed by atoms with E-state index in [2.05, 4.69) is 97.6 Å². The summed E-state index contributed by atoms with van der Waals surface area (Å²) in [4.78, 5) is 9.13. The van der Waals surface area contributed by atoms with Gasteiger partial charge in [0.2, 0.25) is 0 Å². The fraction of sp³-hybridized carbons (Fsp3) is 0.149. The molecule has 4 aromatic heterocycles. The summed E-state index contributed by atoms with van der Waals surface area (Å²) in [5.74, 6) is 0. The van der Waals surface area contributed by atoms with Crippen molar-refractivity contribution < 1.29 is 32.4 Å². The van der Waals surface area contributed by atoms with Gasteiger partial charge in [-0.15, -0.1) is 47.5 Å². The van der Waals surface area contributed by atoms with E-state index >= 15 is 0 Å². The molecule has 265 valence electrons. The Labute approximate surface area is 347 Å². The normalized spacial score (nSPS) is 15.0. The minimum Gasteiger partial charge on any atom is -0.305 e. The summed E-state index contributed by atoms with van der Waals surface area (Å²) in [5, 5.41) is 5.99. The molecule has 0 atom stereocenters. The molecule has 4 heterocycles. The first-order valence-electron chi connectivity index (χ1n) is 21.5. The van der Waals surface area contributed by atoms with Gasteiger partial charge < -0.3 is 9.97 Å². The fourth-order valence-electron chi connectivity index (χ4n) is 6.41. The van der Waals surface area contributed by atoms with Crippen molar-refractivity contribution in [1.29, 1.82) is 0 Å². The second-order valence-corrected chi connectivity index (χ2v) is 21.0. The van der Waals surface area contributed by atoms with Crippen LogP contribution in [0.5, 0.6) is 0 Å². The average Bonchev–Trinajstić information content (AvgIpc) is 3.78. The zero-order valence-electron chi connectivity index (χ0n) is 38.2. The van der Waals surface area contributed by atoms with Crippen molar-refractivity contribution in [2.24, 2.45) is 0 Å². The predicted molar refractivity (Wildman–Crippen MR) is 230 cm³/mol. The number of rotatable bonds is 4. The molecule has 53 heavy (non-hydrogen) atoms. The summed E-state index contributed by atoms with van der Waals surface area (Å²) < 4.78 is 76.9. The van der Waals surface area contributed by atoms with Crippen LogP contribution in [0.3, 0.4) is 0 Å². The number of fused-ring (bicyclic) bond motifs is 6. The zero-order chi connectivity index (χ0) is 43.5. The third-order valence-corrected chi connectivity index (χ3v) is 13.6. The van der Waals surface area contributed by atoms with Crippen molar-refractivity contribution in [3.05, 3.63) is 151 Å². The molecule has 9 aromatic rings. The molecule has 0 spiro atoms. The number of hydrogen-bond donors (Lipinski definition) is 0. The van der Waals surface area contributed by atoms with Gasteiger partial charge in [-0.25, -0.2) is 0 Å². The molecule has 0 amide bonds. The summed E-state index contributed by atoms with van der Waals surface area (Å²) in [6.45, 7) is -2.98. The van der Waals surface area contributed by atoms with Crippen molar-refractivity contribution >= 4 is 76.3 Å². The van der Waals surface area contributed by atoms with E-state index in [0.717, 1.165) is 42.6 Å². The monoisotopic (exact) mass is 926 g/mol. The first-order valence-corrected chi connectivity index (χ1v) is 22.1. The standard InChI is InChI=1S/C27H22NS.C20H18NSSi.Ir/c1-27(2,3)20-14-15-28-24(17-20)23-11-7-10-22-21-13-12-19(16-25(21)29-26(22)23)18-8-5-4-6-9-18;1-23(2,3)14-11-12-18(21-13-14)17-9-6-8-16-15-7-4-5-10-19(15)22-20(16)17;/h4-10,12-17H,1-3H3;4-8,10-13H,1-3H3;/q2*-1;/i1D3,2D3,3D3;;. The van der Waals surface area contributed by atoms with E-state index in [0.29, 0.717) is 5.56 Å². The van der Waals surface area contributed by atoms with Crippen molar-refractivity contribution in [2.45, 2.75) is 45.6 Å². The third-order valence-electron chi connectivity index (χ3n) is 9.21. The van der Waals surface area contributed by atoms with Crippen LogP contribution in [-0.2, 0) is 25.5 Å². The van der Waals surface area contributed by atoms with Crippen LogP contribution in [0.1, 0.15) is 38.5 Å². The van der Waals surface area contributed by atoms with Gasteiger partial charge in [-0.2, -0.15) is 22.7 Å². The predicted octanol–water partition coefficient (Wildman–Crippen LogP) is 13.3. The maximum absolute atomic E-state index is 8.04. The number of thiophene rings is 2. The van der Waals surface area contributed by atoms with Crippen LogP contribution in [0.2, 0.25) is 19.6 Å². The van der Waals surface area contributed by atoms with Crippen molar-refractivity contribution in [3.63, 3.8) is 0 Å². The summed E-state index contributed by atoms with van der Waals surface area (Å²) in [5.41, 5.74) is 1.66. The zero-order valence-corrected chi connectivity index (χ0v) is 34.3. The molecular formula is C47H40IrN2S2Si-2. The Hall–Kier alpha value is -4.29. The molecule has 0 N–H and O–H groups in total. The van der Waals surface area contributed by atoms with Gasteiger partial charge in [0, 0.05) is 54.2 Å². The minimum absolute atomic E-state index is 0. The molecule has 0 bridgehead atoms. The summed E-state index contributed by atoms with van der Waals surface area (Å²) in [6.07, 6.45) is 3.32. The summed E-state index contributed by atoms with van der Waals surface area (Å²) >= 11 is 3.35. The van der Waals surface area contributed by atoms with E-state index in [9.17, 15) is 0 Å². The van der Waals surface area contributed by atoms with Crippen LogP contribution in [0, 0.1) is 12.1 Å². The smallest absolute Gasteiger partial charge is 0.0795 e. The maximum Gasteiger partial charge on any atom is 0.0795 e. The summed E-state index contributed by atoms with van der Waals surface area (Å²) in [6, 6.07) is 46.0. The quantitative estimate of drug-likeness (QED) is 0.130. The number of pyridine rings is 2. The van der Waals surface area contributed by atoms with Gasteiger partial charge in [0.1, 0.15) is 0 Å². The van der Waals surface area contributed by atoms with E-state index in [1.165, 1.54) is 55.0 Å². The van der Waals surface area contributed by atoms with Crippen LogP contribution in [0.15, 0.2) is 134 Å². The van der Waals surface area contributed by atoms with Gasteiger partial charge >= 0.3 is 0 Å². The first-order chi connectivity index (χ1) is 28.8. The van der Waals surface area contributed by atoms with Gasteiger partial charge in [-0.3, -0.25) is 0 Å². The molecule has 2 nitrogen and oxygen atoms in total. The molecule has 0 aliphatic rings. The number of nitrogens with zero attached hydrogens (tertiary/aromatic N) is 2. The van der Waals surface area contributed by atoms with Crippen LogP contribution in [0.4, 0.5) is 0 Å². The van der Waals surface area contributed by atoms with Crippen LogP contribution >= 0.6 is 22.7 Å². The minimum atomic E-state index is -3.34. The molecule has 0 saturated carbocycles. The number of aromatic nitrogens is 2. The molecule has 5 aromatic carbocycles. The molecule has 6 heteroatoms. The molecule has 1 radical (unpaired) electrons. The molecule has 0 aliphatic heterocycles. The second-order valence-electron chi connectivity index (χ2n) is 13.8. The van der Waals surface area contributed by atoms with Gasteiger partial charge in [-0.1, -0.05) is 130 Å². The Kier molecular flexibility index (Phi) is 7.65. The van der Waals surface area contributed by atoms with Crippen LogP contribution in [0.25, 0.3) is 74.0 Å². The van der Waals surface area contributed by atoms with Crippen LogP contribution in [-0.4, -0.2) is 18.0 Å². The molecule has 0 fully saturated rings. The number of benzene rings is 5. The van der Waals surface area contributed by atoms with Crippen molar-refractivity contribution in [1.82, 2.24) is 9.97 Å². The van der Waals surface area contributed by atoms with E-state index in [1.54, 1.807) is 6.07 Å². The summed E-state index contributed by atoms with van der Waals surface area (Å²) in [7, 11) is -1.31. The van der Waals surface area contributed by atoms with Crippen LogP contribution < -0.4 is 5.19 Å². The second kappa shape index (κ2) is 14.9. The molecule has 0 saturated heterocycles. The Bertz CT molecular complexity index is 3010.